The molecular formula is C11H12BrFO2. The Kier molecular flexibility index (Phi) is 4.91. The molecule has 0 aliphatic rings. The fourth-order valence-electron chi connectivity index (χ4n) is 1.22. The first-order valence-electron chi connectivity index (χ1n) is 4.62. The second-order valence-electron chi connectivity index (χ2n) is 3.14. The largest absolute Gasteiger partial charge is 0.385 e. The number of ketones is 1. The molecule has 0 saturated heterocycles. The van der Waals surface area contributed by atoms with Crippen LogP contribution in [0, 0.1) is 5.82 Å². The Morgan fingerprint density at radius 2 is 2.27 bits per heavy atom. The van der Waals surface area contributed by atoms with E-state index in [0.29, 0.717) is 29.5 Å². The van der Waals surface area contributed by atoms with Gasteiger partial charge in [0.05, 0.1) is 0 Å². The summed E-state index contributed by atoms with van der Waals surface area (Å²) in [5.41, 5.74) is 0.395. The minimum atomic E-state index is -0.395. The second kappa shape index (κ2) is 5.98. The van der Waals surface area contributed by atoms with Crippen LogP contribution in [0.15, 0.2) is 22.7 Å². The molecule has 0 aliphatic carbocycles. The van der Waals surface area contributed by atoms with Gasteiger partial charge in [-0.15, -0.1) is 0 Å². The highest BCUT2D eigenvalue weighted by atomic mass is 79.9. The molecule has 2 nitrogen and oxygen atoms in total. The number of methoxy groups -OCH3 is 1. The molecule has 0 saturated carbocycles. The molecular weight excluding hydrogens is 263 g/mol. The summed E-state index contributed by atoms with van der Waals surface area (Å²) in [6.07, 6.45) is 1.02. The van der Waals surface area contributed by atoms with E-state index in [0.717, 1.165) is 0 Å². The van der Waals surface area contributed by atoms with Gasteiger partial charge >= 0.3 is 0 Å². The van der Waals surface area contributed by atoms with Crippen LogP contribution in [0.2, 0.25) is 0 Å². The van der Waals surface area contributed by atoms with Crippen LogP contribution in [0.4, 0.5) is 4.39 Å². The van der Waals surface area contributed by atoms with E-state index in [1.807, 2.05) is 0 Å². The van der Waals surface area contributed by atoms with Crippen molar-refractivity contribution in [2.75, 3.05) is 13.7 Å². The Labute approximate surface area is 96.6 Å². The molecule has 0 aliphatic heterocycles. The number of ether oxygens (including phenoxy) is 1. The molecule has 82 valence electrons. The van der Waals surface area contributed by atoms with Gasteiger partial charge in [-0.3, -0.25) is 4.79 Å². The predicted molar refractivity (Wildman–Crippen MR) is 59.5 cm³/mol. The summed E-state index contributed by atoms with van der Waals surface area (Å²) in [7, 11) is 1.59. The maximum absolute atomic E-state index is 12.9. The smallest absolute Gasteiger partial charge is 0.164 e. The summed E-state index contributed by atoms with van der Waals surface area (Å²) < 4.78 is 18.4. The fourth-order valence-corrected chi connectivity index (χ4v) is 1.69. The lowest BCUT2D eigenvalue weighted by Gasteiger charge is -2.03. The number of benzene rings is 1. The molecule has 0 amide bonds. The topological polar surface area (TPSA) is 26.3 Å². The van der Waals surface area contributed by atoms with Crippen molar-refractivity contribution in [3.63, 3.8) is 0 Å². The van der Waals surface area contributed by atoms with Crippen molar-refractivity contribution in [1.29, 1.82) is 0 Å². The van der Waals surface area contributed by atoms with E-state index in [4.69, 9.17) is 4.74 Å². The first-order valence-corrected chi connectivity index (χ1v) is 5.41. The molecule has 0 radical (unpaired) electrons. The van der Waals surface area contributed by atoms with Crippen LogP contribution in [0.3, 0.4) is 0 Å². The van der Waals surface area contributed by atoms with Gasteiger partial charge in [0.25, 0.3) is 0 Å². The zero-order valence-corrected chi connectivity index (χ0v) is 10.0. The number of Topliss-reactive ketones (excluding diaryl/α,β-unsaturated/α-hetero) is 1. The Morgan fingerprint density at radius 3 is 2.93 bits per heavy atom. The summed E-state index contributed by atoms with van der Waals surface area (Å²) in [5, 5.41) is 0. The molecule has 0 heterocycles. The van der Waals surface area contributed by atoms with Gasteiger partial charge < -0.3 is 4.74 Å². The van der Waals surface area contributed by atoms with E-state index >= 15 is 0 Å². The van der Waals surface area contributed by atoms with Crippen molar-refractivity contribution in [2.45, 2.75) is 12.8 Å². The van der Waals surface area contributed by atoms with Crippen LogP contribution in [-0.4, -0.2) is 19.5 Å². The van der Waals surface area contributed by atoms with Crippen LogP contribution >= 0.6 is 15.9 Å². The molecule has 15 heavy (non-hydrogen) atoms. The second-order valence-corrected chi connectivity index (χ2v) is 4.00. The van der Waals surface area contributed by atoms with Gasteiger partial charge in [0, 0.05) is 30.2 Å². The molecule has 1 aromatic rings. The maximum Gasteiger partial charge on any atom is 0.164 e. The first-order chi connectivity index (χ1) is 7.15. The van der Waals surface area contributed by atoms with Crippen molar-refractivity contribution in [3.05, 3.63) is 34.1 Å². The fraction of sp³-hybridized carbons (Fsp3) is 0.364. The SMILES string of the molecule is COCCCC(=O)c1cc(F)ccc1Br. The molecule has 0 spiro atoms. The average molecular weight is 275 g/mol. The van der Waals surface area contributed by atoms with Crippen molar-refractivity contribution >= 4 is 21.7 Å². The van der Waals surface area contributed by atoms with Crippen LogP contribution in [0.25, 0.3) is 0 Å². The number of hydrogen-bond donors (Lipinski definition) is 0. The van der Waals surface area contributed by atoms with E-state index in [1.54, 1.807) is 13.2 Å². The molecule has 0 aromatic heterocycles. The van der Waals surface area contributed by atoms with E-state index in [1.165, 1.54) is 12.1 Å². The molecule has 0 bridgehead atoms. The lowest BCUT2D eigenvalue weighted by Crippen LogP contribution is -2.02. The highest BCUT2D eigenvalue weighted by molar-refractivity contribution is 9.10. The monoisotopic (exact) mass is 274 g/mol. The summed E-state index contributed by atoms with van der Waals surface area (Å²) in [6, 6.07) is 4.11. The zero-order chi connectivity index (χ0) is 11.3. The number of halogens is 2. The lowest BCUT2D eigenvalue weighted by atomic mass is 10.1. The minimum absolute atomic E-state index is 0.0709. The number of hydrogen-bond acceptors (Lipinski definition) is 2. The number of carbonyl (C=O) groups excluding carboxylic acids is 1. The Hall–Kier alpha value is -0.740. The third-order valence-corrected chi connectivity index (χ3v) is 2.67. The highest BCUT2D eigenvalue weighted by Crippen LogP contribution is 2.19. The van der Waals surface area contributed by atoms with Gasteiger partial charge in [-0.25, -0.2) is 4.39 Å². The van der Waals surface area contributed by atoms with Crippen molar-refractivity contribution in [1.82, 2.24) is 0 Å². The molecule has 0 atom stereocenters. The van der Waals surface area contributed by atoms with E-state index in [9.17, 15) is 9.18 Å². The molecule has 1 rings (SSSR count). The standard InChI is InChI=1S/C11H12BrFO2/c1-15-6-2-3-11(14)9-7-8(13)4-5-10(9)12/h4-5,7H,2-3,6H2,1H3. The summed E-state index contributed by atoms with van der Waals surface area (Å²) in [6.45, 7) is 0.540. The zero-order valence-electron chi connectivity index (χ0n) is 8.43. The third-order valence-electron chi connectivity index (χ3n) is 1.98. The number of carbonyl (C=O) groups is 1. The van der Waals surface area contributed by atoms with Crippen LogP contribution in [0.1, 0.15) is 23.2 Å². The van der Waals surface area contributed by atoms with E-state index in [-0.39, 0.29) is 5.78 Å². The van der Waals surface area contributed by atoms with Gasteiger partial charge in [-0.05, 0) is 24.6 Å². The molecule has 0 fully saturated rings. The first kappa shape index (κ1) is 12.3. The Morgan fingerprint density at radius 1 is 1.53 bits per heavy atom. The van der Waals surface area contributed by atoms with Gasteiger partial charge in [0.15, 0.2) is 5.78 Å². The van der Waals surface area contributed by atoms with Crippen LogP contribution in [-0.2, 0) is 4.74 Å². The Bertz CT molecular complexity index is 352. The summed E-state index contributed by atoms with van der Waals surface area (Å²) in [4.78, 5) is 11.6. The van der Waals surface area contributed by atoms with Crippen molar-refractivity contribution < 1.29 is 13.9 Å². The van der Waals surface area contributed by atoms with E-state index < -0.39 is 5.82 Å². The van der Waals surface area contributed by atoms with E-state index in [2.05, 4.69) is 15.9 Å². The highest BCUT2D eigenvalue weighted by Gasteiger charge is 2.10. The third kappa shape index (κ3) is 3.72. The molecule has 4 heteroatoms. The van der Waals surface area contributed by atoms with Gasteiger partial charge in [0.1, 0.15) is 5.82 Å². The lowest BCUT2D eigenvalue weighted by molar-refractivity contribution is 0.0962. The van der Waals surface area contributed by atoms with Crippen LogP contribution in [0.5, 0.6) is 0 Å². The molecule has 1 aromatic carbocycles. The average Bonchev–Trinajstić information content (AvgIpc) is 2.22. The van der Waals surface area contributed by atoms with Gasteiger partial charge in [-0.2, -0.15) is 0 Å². The normalized spacial score (nSPS) is 10.3. The predicted octanol–water partition coefficient (Wildman–Crippen LogP) is 3.20. The van der Waals surface area contributed by atoms with Gasteiger partial charge in [0.2, 0.25) is 0 Å². The van der Waals surface area contributed by atoms with Crippen molar-refractivity contribution in [3.8, 4) is 0 Å². The minimum Gasteiger partial charge on any atom is -0.385 e. The van der Waals surface area contributed by atoms with Crippen molar-refractivity contribution in [2.24, 2.45) is 0 Å². The number of rotatable bonds is 5. The maximum atomic E-state index is 12.9. The summed E-state index contributed by atoms with van der Waals surface area (Å²) >= 11 is 3.22. The molecule has 0 N–H and O–H groups in total. The molecule has 0 unspecified atom stereocenters. The van der Waals surface area contributed by atoms with Gasteiger partial charge in [-0.1, -0.05) is 15.9 Å². The van der Waals surface area contributed by atoms with Crippen LogP contribution < -0.4 is 0 Å². The summed E-state index contributed by atoms with van der Waals surface area (Å²) in [5.74, 6) is -0.466. The quantitative estimate of drug-likeness (QED) is 0.609. The Balaban J connectivity index is 2.68.